The van der Waals surface area contributed by atoms with E-state index in [9.17, 15) is 0 Å². The lowest BCUT2D eigenvalue weighted by molar-refractivity contribution is 0.415. The minimum atomic E-state index is 0.792. The monoisotopic (exact) mass is 308 g/mol. The zero-order valence-corrected chi connectivity index (χ0v) is 12.6. The first kappa shape index (κ1) is 13.0. The molecule has 0 saturated heterocycles. The molecule has 0 aliphatic rings. The van der Waals surface area contributed by atoms with Crippen molar-refractivity contribution >= 4 is 44.7 Å². The number of hydrogen-bond acceptors (Lipinski definition) is 5. The summed E-state index contributed by atoms with van der Waals surface area (Å²) in [5.74, 6) is 1.61. The maximum atomic E-state index is 5.79. The molecule has 0 radical (unpaired) electrons. The molecule has 0 bridgehead atoms. The van der Waals surface area contributed by atoms with E-state index in [0.29, 0.717) is 0 Å². The molecule has 4 rings (SSSR count). The SMILES string of the molecule is COc1ccc2oc(/C=C/c3nc4cnccc4s3)cc2c1. The van der Waals surface area contributed by atoms with Crippen LogP contribution in [-0.2, 0) is 0 Å². The van der Waals surface area contributed by atoms with Crippen molar-refractivity contribution < 1.29 is 9.15 Å². The molecule has 5 heteroatoms. The number of aromatic nitrogens is 2. The molecule has 0 atom stereocenters. The molecule has 0 N–H and O–H groups in total. The summed E-state index contributed by atoms with van der Waals surface area (Å²) in [6.07, 6.45) is 7.44. The van der Waals surface area contributed by atoms with Gasteiger partial charge in [-0.3, -0.25) is 4.98 Å². The molecule has 0 aliphatic heterocycles. The fraction of sp³-hybridized carbons (Fsp3) is 0.0588. The lowest BCUT2D eigenvalue weighted by Crippen LogP contribution is -1.79. The predicted molar refractivity (Wildman–Crippen MR) is 89.1 cm³/mol. The largest absolute Gasteiger partial charge is 0.497 e. The van der Waals surface area contributed by atoms with Gasteiger partial charge in [0.05, 0.1) is 18.0 Å². The second-order valence-corrected chi connectivity index (χ2v) is 5.84. The van der Waals surface area contributed by atoms with Gasteiger partial charge in [0.2, 0.25) is 0 Å². The standard InChI is InChI=1S/C17H12N2O2S/c1-20-12-2-4-15-11(8-12)9-13(21-15)3-5-17-19-14-10-18-7-6-16(14)22-17/h2-10H,1H3/b5-3+. The maximum Gasteiger partial charge on any atom is 0.135 e. The van der Waals surface area contributed by atoms with Gasteiger partial charge in [-0.15, -0.1) is 11.3 Å². The summed E-state index contributed by atoms with van der Waals surface area (Å²) in [5, 5.41) is 1.95. The summed E-state index contributed by atoms with van der Waals surface area (Å²) >= 11 is 1.63. The fourth-order valence-electron chi connectivity index (χ4n) is 2.27. The first-order chi connectivity index (χ1) is 10.8. The van der Waals surface area contributed by atoms with E-state index in [2.05, 4.69) is 9.97 Å². The van der Waals surface area contributed by atoms with Gasteiger partial charge in [-0.05, 0) is 42.5 Å². The van der Waals surface area contributed by atoms with Crippen LogP contribution in [0.25, 0.3) is 33.3 Å². The molecule has 0 aliphatic carbocycles. The summed E-state index contributed by atoms with van der Waals surface area (Å²) in [6.45, 7) is 0. The summed E-state index contributed by atoms with van der Waals surface area (Å²) in [5.41, 5.74) is 1.76. The fourth-order valence-corrected chi connectivity index (χ4v) is 3.11. The van der Waals surface area contributed by atoms with Crippen molar-refractivity contribution in [2.45, 2.75) is 0 Å². The molecular weight excluding hydrogens is 296 g/mol. The van der Waals surface area contributed by atoms with Crippen LogP contribution in [0.5, 0.6) is 5.75 Å². The van der Waals surface area contributed by atoms with Gasteiger partial charge >= 0.3 is 0 Å². The van der Waals surface area contributed by atoms with E-state index < -0.39 is 0 Å². The first-order valence-corrected chi connectivity index (χ1v) is 7.60. The number of nitrogens with zero attached hydrogens (tertiary/aromatic N) is 2. The Kier molecular flexibility index (Phi) is 3.12. The number of rotatable bonds is 3. The van der Waals surface area contributed by atoms with Crippen LogP contribution in [-0.4, -0.2) is 17.1 Å². The molecule has 4 nitrogen and oxygen atoms in total. The van der Waals surface area contributed by atoms with Gasteiger partial charge < -0.3 is 9.15 Å². The summed E-state index contributed by atoms with van der Waals surface area (Å²) in [6, 6.07) is 9.72. The topological polar surface area (TPSA) is 48.2 Å². The van der Waals surface area contributed by atoms with Gasteiger partial charge in [0, 0.05) is 11.6 Å². The molecule has 4 aromatic rings. The van der Waals surface area contributed by atoms with Crippen LogP contribution in [0.3, 0.4) is 0 Å². The third-order valence-electron chi connectivity index (χ3n) is 3.34. The lowest BCUT2D eigenvalue weighted by Gasteiger charge is -1.96. The van der Waals surface area contributed by atoms with Crippen LogP contribution in [0.15, 0.2) is 47.1 Å². The van der Waals surface area contributed by atoms with Crippen molar-refractivity contribution in [3.8, 4) is 5.75 Å². The molecule has 108 valence electrons. The van der Waals surface area contributed by atoms with E-state index in [0.717, 1.165) is 37.7 Å². The molecule has 0 spiro atoms. The minimum absolute atomic E-state index is 0.792. The van der Waals surface area contributed by atoms with Crippen LogP contribution in [0, 0.1) is 0 Å². The third-order valence-corrected chi connectivity index (χ3v) is 4.34. The highest BCUT2D eigenvalue weighted by atomic mass is 32.1. The van der Waals surface area contributed by atoms with Crippen molar-refractivity contribution in [3.63, 3.8) is 0 Å². The quantitative estimate of drug-likeness (QED) is 0.554. The van der Waals surface area contributed by atoms with Gasteiger partial charge in [-0.2, -0.15) is 0 Å². The minimum Gasteiger partial charge on any atom is -0.497 e. The molecule has 1 aromatic carbocycles. The lowest BCUT2D eigenvalue weighted by atomic mass is 10.2. The van der Waals surface area contributed by atoms with E-state index in [1.807, 2.05) is 42.5 Å². The zero-order valence-electron chi connectivity index (χ0n) is 11.8. The molecule has 3 heterocycles. The van der Waals surface area contributed by atoms with Crippen molar-refractivity contribution in [2.75, 3.05) is 7.11 Å². The number of benzene rings is 1. The van der Waals surface area contributed by atoms with E-state index in [1.165, 1.54) is 0 Å². The molecule has 0 fully saturated rings. The molecule has 0 unspecified atom stereocenters. The zero-order chi connectivity index (χ0) is 14.9. The van der Waals surface area contributed by atoms with E-state index in [4.69, 9.17) is 9.15 Å². The Bertz CT molecular complexity index is 952. The van der Waals surface area contributed by atoms with Crippen LogP contribution >= 0.6 is 11.3 Å². The number of fused-ring (bicyclic) bond motifs is 2. The molecular formula is C17H12N2O2S. The molecule has 0 amide bonds. The number of thiazole rings is 1. The summed E-state index contributed by atoms with van der Waals surface area (Å²) in [4.78, 5) is 8.60. The van der Waals surface area contributed by atoms with Gasteiger partial charge in [0.15, 0.2) is 0 Å². The Hall–Kier alpha value is -2.66. The average Bonchev–Trinajstić information content (AvgIpc) is 3.14. The molecule has 0 saturated carbocycles. The number of pyridine rings is 1. The van der Waals surface area contributed by atoms with Gasteiger partial charge in [-0.1, -0.05) is 0 Å². The van der Waals surface area contributed by atoms with Crippen LogP contribution in [0.4, 0.5) is 0 Å². The van der Waals surface area contributed by atoms with Crippen molar-refractivity contribution in [1.29, 1.82) is 0 Å². The van der Waals surface area contributed by atoms with Crippen molar-refractivity contribution in [3.05, 3.63) is 53.5 Å². The first-order valence-electron chi connectivity index (χ1n) is 6.78. The smallest absolute Gasteiger partial charge is 0.135 e. The van der Waals surface area contributed by atoms with Crippen LogP contribution in [0.2, 0.25) is 0 Å². The highest BCUT2D eigenvalue weighted by Gasteiger charge is 2.04. The summed E-state index contributed by atoms with van der Waals surface area (Å²) < 4.78 is 12.1. The molecule has 22 heavy (non-hydrogen) atoms. The second-order valence-electron chi connectivity index (χ2n) is 4.78. The predicted octanol–water partition coefficient (Wildman–Crippen LogP) is 4.62. The van der Waals surface area contributed by atoms with Crippen molar-refractivity contribution in [1.82, 2.24) is 9.97 Å². The van der Waals surface area contributed by atoms with Crippen molar-refractivity contribution in [2.24, 2.45) is 0 Å². The number of hydrogen-bond donors (Lipinski definition) is 0. The Morgan fingerprint density at radius 3 is 3.00 bits per heavy atom. The molecule has 3 aromatic heterocycles. The average molecular weight is 308 g/mol. The Morgan fingerprint density at radius 2 is 2.14 bits per heavy atom. The van der Waals surface area contributed by atoms with Gasteiger partial charge in [0.25, 0.3) is 0 Å². The second kappa shape index (κ2) is 5.27. The normalized spacial score (nSPS) is 11.7. The van der Waals surface area contributed by atoms with Crippen LogP contribution in [0.1, 0.15) is 10.8 Å². The summed E-state index contributed by atoms with van der Waals surface area (Å²) in [7, 11) is 1.66. The van der Waals surface area contributed by atoms with E-state index >= 15 is 0 Å². The maximum absolute atomic E-state index is 5.79. The highest BCUT2D eigenvalue weighted by Crippen LogP contribution is 2.26. The van der Waals surface area contributed by atoms with Gasteiger partial charge in [-0.25, -0.2) is 4.98 Å². The Balaban J connectivity index is 1.67. The van der Waals surface area contributed by atoms with Crippen LogP contribution < -0.4 is 4.74 Å². The number of ether oxygens (including phenoxy) is 1. The number of furan rings is 1. The Labute approximate surface area is 130 Å². The Morgan fingerprint density at radius 1 is 1.18 bits per heavy atom. The number of methoxy groups -OCH3 is 1. The highest BCUT2D eigenvalue weighted by molar-refractivity contribution is 7.19. The van der Waals surface area contributed by atoms with E-state index in [-0.39, 0.29) is 0 Å². The van der Waals surface area contributed by atoms with Gasteiger partial charge in [0.1, 0.15) is 27.6 Å². The van der Waals surface area contributed by atoms with E-state index in [1.54, 1.807) is 30.8 Å². The third kappa shape index (κ3) is 2.35.